The van der Waals surface area contributed by atoms with Gasteiger partial charge in [0.15, 0.2) is 0 Å². The van der Waals surface area contributed by atoms with Crippen molar-refractivity contribution in [2.75, 3.05) is 32.8 Å². The minimum absolute atomic E-state index is 0.0671. The molecule has 1 fully saturated rings. The van der Waals surface area contributed by atoms with E-state index >= 15 is 0 Å². The first kappa shape index (κ1) is 24.8. The van der Waals surface area contributed by atoms with E-state index in [1.54, 1.807) is 41.6 Å². The van der Waals surface area contributed by atoms with E-state index < -0.39 is 6.04 Å². The molecular weight excluding hydrogens is 468 g/mol. The summed E-state index contributed by atoms with van der Waals surface area (Å²) in [7, 11) is 0. The minimum Gasteiger partial charge on any atom is -0.507 e. The summed E-state index contributed by atoms with van der Waals surface area (Å²) in [6.45, 7) is 6.08. The van der Waals surface area contributed by atoms with Crippen LogP contribution in [0.2, 0.25) is 5.02 Å². The van der Waals surface area contributed by atoms with Crippen molar-refractivity contribution < 1.29 is 14.6 Å². The van der Waals surface area contributed by atoms with Gasteiger partial charge in [-0.2, -0.15) is 0 Å². The molecule has 0 radical (unpaired) electrons. The average Bonchev–Trinajstić information content (AvgIpc) is 2.85. The Balaban J connectivity index is 1.75. The lowest BCUT2D eigenvalue weighted by Gasteiger charge is -2.39. The van der Waals surface area contributed by atoms with Crippen molar-refractivity contribution >= 4 is 17.7 Å². The highest BCUT2D eigenvalue weighted by Gasteiger charge is 2.33. The number of ether oxygens (including phenoxy) is 1. The van der Waals surface area contributed by atoms with Gasteiger partial charge in [-0.05, 0) is 49.7 Å². The normalized spacial score (nSPS) is 15.1. The van der Waals surface area contributed by atoms with E-state index in [2.05, 4.69) is 9.88 Å². The standard InChI is InChI=1S/C26H29ClN4O4/c1-3-35-26(34)30-13-11-29(12-14-30)24(19-7-6-8-20(27)16-19)23-22(32)15-18(2)31(25(23)33)17-21-9-4-5-10-28-21/h4-10,15-16,24,32H,3,11-14,17H2,1-2H3/t24-/m1/s1. The predicted octanol–water partition coefficient (Wildman–Crippen LogP) is 3.82. The van der Waals surface area contributed by atoms with Crippen LogP contribution in [0.1, 0.15) is 35.5 Å². The summed E-state index contributed by atoms with van der Waals surface area (Å²) in [6.07, 6.45) is 1.34. The molecule has 1 atom stereocenters. The first-order valence-corrected chi connectivity index (χ1v) is 12.0. The average molecular weight is 497 g/mol. The summed E-state index contributed by atoms with van der Waals surface area (Å²) in [5, 5.41) is 11.6. The number of carbonyl (C=O) groups excluding carboxylic acids is 1. The largest absolute Gasteiger partial charge is 0.507 e. The van der Waals surface area contributed by atoms with E-state index in [0.29, 0.717) is 43.5 Å². The fraction of sp³-hybridized carbons (Fsp3) is 0.346. The fourth-order valence-electron chi connectivity index (χ4n) is 4.49. The van der Waals surface area contributed by atoms with Gasteiger partial charge in [-0.3, -0.25) is 14.7 Å². The third-order valence-corrected chi connectivity index (χ3v) is 6.45. The molecule has 8 nitrogen and oxygen atoms in total. The lowest BCUT2D eigenvalue weighted by molar-refractivity contribution is 0.0709. The van der Waals surface area contributed by atoms with Gasteiger partial charge in [-0.25, -0.2) is 4.79 Å². The number of aromatic nitrogens is 2. The van der Waals surface area contributed by atoms with E-state index in [1.807, 2.05) is 36.4 Å². The molecule has 9 heteroatoms. The number of amides is 1. The van der Waals surface area contributed by atoms with Crippen molar-refractivity contribution in [3.63, 3.8) is 0 Å². The van der Waals surface area contributed by atoms with Gasteiger partial charge in [-0.15, -0.1) is 0 Å². The third kappa shape index (κ3) is 5.49. The zero-order chi connectivity index (χ0) is 24.9. The number of pyridine rings is 2. The van der Waals surface area contributed by atoms with Gasteiger partial charge >= 0.3 is 6.09 Å². The Morgan fingerprint density at radius 3 is 2.57 bits per heavy atom. The van der Waals surface area contributed by atoms with Crippen molar-refractivity contribution in [3.05, 3.63) is 92.6 Å². The Morgan fingerprint density at radius 2 is 1.91 bits per heavy atom. The summed E-state index contributed by atoms with van der Waals surface area (Å²) < 4.78 is 6.77. The molecule has 184 valence electrons. The molecule has 1 aliphatic rings. The number of aromatic hydroxyl groups is 1. The first-order chi connectivity index (χ1) is 16.9. The SMILES string of the molecule is CCOC(=O)N1CCN([C@H](c2cccc(Cl)c2)c2c(O)cc(C)n(Cc3ccccn3)c2=O)CC1. The maximum atomic E-state index is 13.8. The molecule has 4 rings (SSSR count). The van der Waals surface area contributed by atoms with Crippen LogP contribution in [-0.4, -0.2) is 63.3 Å². The maximum absolute atomic E-state index is 13.8. The molecule has 0 unspecified atom stereocenters. The van der Waals surface area contributed by atoms with Crippen molar-refractivity contribution in [3.8, 4) is 5.75 Å². The predicted molar refractivity (Wildman–Crippen MR) is 134 cm³/mol. The molecule has 1 N–H and O–H groups in total. The molecule has 1 aromatic carbocycles. The molecule has 1 saturated heterocycles. The van der Waals surface area contributed by atoms with Crippen molar-refractivity contribution in [2.45, 2.75) is 26.4 Å². The van der Waals surface area contributed by atoms with Crippen LogP contribution in [0.5, 0.6) is 5.75 Å². The van der Waals surface area contributed by atoms with Crippen molar-refractivity contribution in [1.82, 2.24) is 19.4 Å². The van der Waals surface area contributed by atoms with Crippen molar-refractivity contribution in [2.24, 2.45) is 0 Å². The fourth-order valence-corrected chi connectivity index (χ4v) is 4.69. The maximum Gasteiger partial charge on any atom is 0.409 e. The quantitative estimate of drug-likeness (QED) is 0.558. The lowest BCUT2D eigenvalue weighted by Crippen LogP contribution is -2.50. The highest BCUT2D eigenvalue weighted by Crippen LogP contribution is 2.34. The number of nitrogens with zero attached hydrogens (tertiary/aromatic N) is 4. The van der Waals surface area contributed by atoms with Crippen LogP contribution in [0.4, 0.5) is 4.79 Å². The zero-order valence-electron chi connectivity index (χ0n) is 19.9. The summed E-state index contributed by atoms with van der Waals surface area (Å²) >= 11 is 6.32. The van der Waals surface area contributed by atoms with Crippen LogP contribution in [0.25, 0.3) is 0 Å². The van der Waals surface area contributed by atoms with Crippen LogP contribution >= 0.6 is 11.6 Å². The monoisotopic (exact) mass is 496 g/mol. The van der Waals surface area contributed by atoms with Gasteiger partial charge in [0.2, 0.25) is 0 Å². The van der Waals surface area contributed by atoms with E-state index in [9.17, 15) is 14.7 Å². The van der Waals surface area contributed by atoms with Crippen LogP contribution < -0.4 is 5.56 Å². The van der Waals surface area contributed by atoms with Gasteiger partial charge in [0.1, 0.15) is 5.75 Å². The molecular formula is C26H29ClN4O4. The Labute approximate surface area is 209 Å². The molecule has 3 aromatic rings. The molecule has 0 saturated carbocycles. The number of piperazine rings is 1. The smallest absolute Gasteiger partial charge is 0.409 e. The molecule has 1 amide bonds. The Hall–Kier alpha value is -3.36. The summed E-state index contributed by atoms with van der Waals surface area (Å²) in [5.74, 6) is -0.0671. The van der Waals surface area contributed by atoms with Gasteiger partial charge in [0.25, 0.3) is 5.56 Å². The number of benzene rings is 1. The Kier molecular flexibility index (Phi) is 7.73. The molecule has 0 spiro atoms. The molecule has 0 aliphatic carbocycles. The highest BCUT2D eigenvalue weighted by atomic mass is 35.5. The lowest BCUT2D eigenvalue weighted by atomic mass is 9.96. The van der Waals surface area contributed by atoms with Crippen LogP contribution in [0.15, 0.2) is 59.5 Å². The number of hydrogen-bond donors (Lipinski definition) is 1. The number of halogens is 1. The number of aryl methyl sites for hydroxylation is 1. The van der Waals surface area contributed by atoms with Gasteiger partial charge in [0, 0.05) is 43.1 Å². The summed E-state index contributed by atoms with van der Waals surface area (Å²) in [4.78, 5) is 34.1. The summed E-state index contributed by atoms with van der Waals surface area (Å²) in [5.41, 5.74) is 2.17. The van der Waals surface area contributed by atoms with Crippen LogP contribution in [0, 0.1) is 6.92 Å². The Morgan fingerprint density at radius 1 is 1.14 bits per heavy atom. The number of carbonyl (C=O) groups is 1. The number of rotatable bonds is 6. The first-order valence-electron chi connectivity index (χ1n) is 11.6. The molecule has 2 aromatic heterocycles. The minimum atomic E-state index is -0.541. The van der Waals surface area contributed by atoms with Gasteiger partial charge in [-0.1, -0.05) is 29.8 Å². The van der Waals surface area contributed by atoms with Gasteiger partial charge < -0.3 is 19.3 Å². The van der Waals surface area contributed by atoms with Gasteiger partial charge in [0.05, 0.1) is 30.5 Å². The second-order valence-corrected chi connectivity index (χ2v) is 8.91. The molecule has 35 heavy (non-hydrogen) atoms. The van der Waals surface area contributed by atoms with E-state index in [1.165, 1.54) is 0 Å². The second-order valence-electron chi connectivity index (χ2n) is 8.48. The van der Waals surface area contributed by atoms with E-state index in [-0.39, 0.29) is 29.5 Å². The third-order valence-electron chi connectivity index (χ3n) is 6.21. The highest BCUT2D eigenvalue weighted by molar-refractivity contribution is 6.30. The van der Waals surface area contributed by atoms with Crippen LogP contribution in [-0.2, 0) is 11.3 Å². The molecule has 1 aliphatic heterocycles. The molecule has 0 bridgehead atoms. The second kappa shape index (κ2) is 10.9. The summed E-state index contributed by atoms with van der Waals surface area (Å²) in [6, 6.07) is 14.0. The van der Waals surface area contributed by atoms with E-state index in [4.69, 9.17) is 16.3 Å². The Bertz CT molecular complexity index is 1240. The van der Waals surface area contributed by atoms with Crippen LogP contribution in [0.3, 0.4) is 0 Å². The van der Waals surface area contributed by atoms with Crippen molar-refractivity contribution in [1.29, 1.82) is 0 Å². The topological polar surface area (TPSA) is 87.9 Å². The zero-order valence-corrected chi connectivity index (χ0v) is 20.6. The van der Waals surface area contributed by atoms with E-state index in [0.717, 1.165) is 11.3 Å². The molecule has 3 heterocycles. The number of hydrogen-bond acceptors (Lipinski definition) is 6.